The van der Waals surface area contributed by atoms with E-state index in [1.807, 2.05) is 37.3 Å². The second-order valence-electron chi connectivity index (χ2n) is 8.01. The standard InChI is InChI=1S/C24H23N3O5/c1-3-24(32-20(28)11-25-4-2)17-10-19-21-15(9-14-7-5-6-8-18(14)26-21)12-27(19)22(29)16(17)13-31-23(24)30/h5-10,25H,3-4,11-13H2,1-2H3/t24-/m0/s1. The van der Waals surface area contributed by atoms with Crippen molar-refractivity contribution in [1.29, 1.82) is 0 Å². The molecule has 0 fully saturated rings. The minimum atomic E-state index is -1.66. The number of para-hydroxylation sites is 1. The number of likely N-dealkylation sites (N-methyl/N-ethyl adjacent to an activating group) is 1. The van der Waals surface area contributed by atoms with E-state index in [1.54, 1.807) is 17.6 Å². The number of hydrogen-bond acceptors (Lipinski definition) is 7. The van der Waals surface area contributed by atoms with Gasteiger partial charge in [0, 0.05) is 16.5 Å². The van der Waals surface area contributed by atoms with Crippen molar-refractivity contribution in [3.63, 3.8) is 0 Å². The summed E-state index contributed by atoms with van der Waals surface area (Å²) < 4.78 is 12.7. The normalized spacial score (nSPS) is 18.6. The molecule has 2 aliphatic rings. The Hall–Kier alpha value is -3.52. The maximum Gasteiger partial charge on any atom is 0.355 e. The number of aromatic nitrogens is 2. The van der Waals surface area contributed by atoms with Crippen LogP contribution in [0.4, 0.5) is 0 Å². The van der Waals surface area contributed by atoms with Gasteiger partial charge in [-0.05, 0) is 31.2 Å². The molecular formula is C24H23N3O5. The number of carbonyl (C=O) groups is 2. The number of pyridine rings is 2. The van der Waals surface area contributed by atoms with Gasteiger partial charge >= 0.3 is 11.9 Å². The van der Waals surface area contributed by atoms with Crippen LogP contribution in [0.2, 0.25) is 0 Å². The molecule has 164 valence electrons. The van der Waals surface area contributed by atoms with E-state index in [0.717, 1.165) is 16.5 Å². The summed E-state index contributed by atoms with van der Waals surface area (Å²) in [5, 5.41) is 3.89. The molecule has 1 N–H and O–H groups in total. The number of cyclic esters (lactones) is 1. The fraction of sp³-hybridized carbons (Fsp3) is 0.333. The van der Waals surface area contributed by atoms with Gasteiger partial charge in [-0.3, -0.25) is 9.59 Å². The summed E-state index contributed by atoms with van der Waals surface area (Å²) >= 11 is 0. The van der Waals surface area contributed by atoms with Crippen LogP contribution in [0, 0.1) is 0 Å². The number of benzene rings is 1. The van der Waals surface area contributed by atoms with Crippen LogP contribution in [0.3, 0.4) is 0 Å². The molecule has 5 rings (SSSR count). The van der Waals surface area contributed by atoms with Crippen molar-refractivity contribution in [3.05, 3.63) is 63.4 Å². The SMILES string of the molecule is CCNCC(=O)O[C@]1(CC)C(=O)OCc2c1cc1n(c2=O)Cc2cc3ccccc3nc2-1. The van der Waals surface area contributed by atoms with E-state index in [0.29, 0.717) is 35.6 Å². The average molecular weight is 433 g/mol. The van der Waals surface area contributed by atoms with Gasteiger partial charge in [-0.15, -0.1) is 0 Å². The highest BCUT2D eigenvalue weighted by Crippen LogP contribution is 2.40. The summed E-state index contributed by atoms with van der Waals surface area (Å²) in [6.07, 6.45) is 0.150. The van der Waals surface area contributed by atoms with Crippen molar-refractivity contribution >= 4 is 22.8 Å². The Balaban J connectivity index is 1.69. The van der Waals surface area contributed by atoms with Gasteiger partial charge < -0.3 is 19.4 Å². The quantitative estimate of drug-likeness (QED) is 0.482. The predicted molar refractivity (Wildman–Crippen MR) is 117 cm³/mol. The van der Waals surface area contributed by atoms with Crippen LogP contribution in [0.1, 0.15) is 37.0 Å². The van der Waals surface area contributed by atoms with Crippen molar-refractivity contribution in [2.75, 3.05) is 13.1 Å². The fourth-order valence-corrected chi connectivity index (χ4v) is 4.54. The van der Waals surface area contributed by atoms with Gasteiger partial charge in [0.2, 0.25) is 5.60 Å². The van der Waals surface area contributed by atoms with Gasteiger partial charge in [0.1, 0.15) is 6.61 Å². The van der Waals surface area contributed by atoms with Crippen molar-refractivity contribution in [2.45, 2.75) is 39.0 Å². The Morgan fingerprint density at radius 3 is 2.84 bits per heavy atom. The number of ether oxygens (including phenoxy) is 2. The minimum absolute atomic E-state index is 0.0405. The summed E-state index contributed by atoms with van der Waals surface area (Å²) in [6, 6.07) is 11.6. The monoisotopic (exact) mass is 433 g/mol. The van der Waals surface area contributed by atoms with E-state index in [-0.39, 0.29) is 25.1 Å². The van der Waals surface area contributed by atoms with E-state index in [4.69, 9.17) is 14.5 Å². The van der Waals surface area contributed by atoms with Crippen LogP contribution in [-0.4, -0.2) is 34.6 Å². The molecule has 0 spiro atoms. The number of fused-ring (bicyclic) bond motifs is 5. The fourth-order valence-electron chi connectivity index (χ4n) is 4.54. The van der Waals surface area contributed by atoms with Crippen LogP contribution in [0.5, 0.6) is 0 Å². The molecule has 4 heterocycles. The molecule has 8 heteroatoms. The third kappa shape index (κ3) is 2.94. The molecule has 0 saturated heterocycles. The Morgan fingerprint density at radius 1 is 1.25 bits per heavy atom. The van der Waals surface area contributed by atoms with Crippen LogP contribution in [0.15, 0.2) is 41.2 Å². The first-order valence-electron chi connectivity index (χ1n) is 10.7. The lowest BCUT2D eigenvalue weighted by molar-refractivity contribution is -0.189. The molecule has 0 aliphatic carbocycles. The summed E-state index contributed by atoms with van der Waals surface area (Å²) in [5.41, 5.74) is 1.88. The van der Waals surface area contributed by atoms with Crippen LogP contribution in [0.25, 0.3) is 22.3 Å². The van der Waals surface area contributed by atoms with Crippen molar-refractivity contribution in [1.82, 2.24) is 14.9 Å². The topological polar surface area (TPSA) is 99.5 Å². The van der Waals surface area contributed by atoms with Gasteiger partial charge in [-0.2, -0.15) is 0 Å². The molecule has 2 aliphatic heterocycles. The summed E-state index contributed by atoms with van der Waals surface area (Å²) in [7, 11) is 0. The molecule has 1 atom stereocenters. The Bertz CT molecular complexity index is 1330. The Kier molecular flexibility index (Phi) is 4.82. The molecule has 3 aromatic rings. The molecule has 8 nitrogen and oxygen atoms in total. The van der Waals surface area contributed by atoms with Gasteiger partial charge in [0.05, 0.1) is 35.6 Å². The summed E-state index contributed by atoms with van der Waals surface area (Å²) in [4.78, 5) is 43.6. The molecule has 0 radical (unpaired) electrons. The summed E-state index contributed by atoms with van der Waals surface area (Å²) in [6.45, 7) is 4.39. The second kappa shape index (κ2) is 7.56. The van der Waals surface area contributed by atoms with Crippen LogP contribution in [-0.2, 0) is 37.8 Å². The van der Waals surface area contributed by atoms with E-state index >= 15 is 0 Å². The van der Waals surface area contributed by atoms with Crippen LogP contribution >= 0.6 is 0 Å². The molecule has 32 heavy (non-hydrogen) atoms. The number of esters is 2. The highest BCUT2D eigenvalue weighted by molar-refractivity contribution is 5.88. The Morgan fingerprint density at radius 2 is 2.06 bits per heavy atom. The van der Waals surface area contributed by atoms with Crippen molar-refractivity contribution < 1.29 is 19.1 Å². The lowest BCUT2D eigenvalue weighted by Gasteiger charge is -2.35. The third-order valence-corrected chi connectivity index (χ3v) is 6.19. The van der Waals surface area contributed by atoms with Gasteiger partial charge in [-0.25, -0.2) is 9.78 Å². The Labute approximate surface area is 184 Å². The first kappa shape index (κ1) is 20.4. The second-order valence-corrected chi connectivity index (χ2v) is 8.01. The molecule has 2 aromatic heterocycles. The number of carbonyl (C=O) groups excluding carboxylic acids is 2. The summed E-state index contributed by atoms with van der Waals surface area (Å²) in [5.74, 6) is -1.24. The molecular weight excluding hydrogens is 410 g/mol. The average Bonchev–Trinajstić information content (AvgIpc) is 3.16. The van der Waals surface area contributed by atoms with E-state index in [9.17, 15) is 14.4 Å². The maximum atomic E-state index is 13.4. The lowest BCUT2D eigenvalue weighted by Crippen LogP contribution is -2.48. The lowest BCUT2D eigenvalue weighted by atomic mass is 9.85. The molecule has 1 aromatic carbocycles. The highest BCUT2D eigenvalue weighted by Gasteiger charge is 2.50. The zero-order valence-corrected chi connectivity index (χ0v) is 17.9. The largest absolute Gasteiger partial charge is 0.457 e. The number of nitrogens with one attached hydrogen (secondary N) is 1. The van der Waals surface area contributed by atoms with E-state index in [1.165, 1.54) is 0 Å². The molecule has 0 bridgehead atoms. The molecule has 0 unspecified atom stereocenters. The number of hydrogen-bond donors (Lipinski definition) is 1. The minimum Gasteiger partial charge on any atom is -0.457 e. The van der Waals surface area contributed by atoms with E-state index < -0.39 is 17.5 Å². The van der Waals surface area contributed by atoms with Gasteiger partial charge in [0.25, 0.3) is 5.56 Å². The number of rotatable bonds is 5. The number of nitrogens with zero attached hydrogens (tertiary/aromatic N) is 2. The van der Waals surface area contributed by atoms with Crippen LogP contribution < -0.4 is 10.9 Å². The first-order chi connectivity index (χ1) is 15.5. The van der Waals surface area contributed by atoms with Crippen molar-refractivity contribution in [2.24, 2.45) is 0 Å². The molecule has 0 amide bonds. The molecule has 0 saturated carbocycles. The predicted octanol–water partition coefficient (Wildman–Crippen LogP) is 2.24. The first-order valence-corrected chi connectivity index (χ1v) is 10.7. The third-order valence-electron chi connectivity index (χ3n) is 6.19. The zero-order valence-electron chi connectivity index (χ0n) is 17.9. The van der Waals surface area contributed by atoms with Crippen molar-refractivity contribution in [3.8, 4) is 11.4 Å². The van der Waals surface area contributed by atoms with E-state index in [2.05, 4.69) is 5.32 Å². The zero-order chi connectivity index (χ0) is 22.5. The van der Waals surface area contributed by atoms with Gasteiger partial charge in [-0.1, -0.05) is 32.0 Å². The highest BCUT2D eigenvalue weighted by atomic mass is 16.6. The van der Waals surface area contributed by atoms with Gasteiger partial charge in [0.15, 0.2) is 0 Å². The maximum absolute atomic E-state index is 13.4. The smallest absolute Gasteiger partial charge is 0.355 e.